The van der Waals surface area contributed by atoms with E-state index < -0.39 is 0 Å². The Morgan fingerprint density at radius 2 is 2.00 bits per heavy atom. The molecule has 1 saturated heterocycles. The Hall–Kier alpha value is -1.59. The van der Waals surface area contributed by atoms with Crippen LogP contribution in [0.2, 0.25) is 0 Å². The van der Waals surface area contributed by atoms with Gasteiger partial charge in [0.05, 0.1) is 19.7 Å². The molecule has 0 saturated carbocycles. The summed E-state index contributed by atoms with van der Waals surface area (Å²) in [4.78, 5) is 13.9. The molecule has 0 radical (unpaired) electrons. The van der Waals surface area contributed by atoms with Crippen molar-refractivity contribution < 1.29 is 9.53 Å². The lowest BCUT2D eigenvalue weighted by atomic mass is 10.3. The minimum absolute atomic E-state index is 0.0365. The summed E-state index contributed by atoms with van der Waals surface area (Å²) in [6.45, 7) is 5.00. The maximum Gasteiger partial charge on any atom is 0.224 e. The van der Waals surface area contributed by atoms with Crippen molar-refractivity contribution in [2.45, 2.75) is 6.42 Å². The smallest absolute Gasteiger partial charge is 0.224 e. The van der Waals surface area contributed by atoms with Crippen molar-refractivity contribution >= 4 is 5.91 Å². The summed E-state index contributed by atoms with van der Waals surface area (Å²) in [5.74, 6) is 0.840. The lowest BCUT2D eigenvalue weighted by Gasteiger charge is -2.27. The highest BCUT2D eigenvalue weighted by atomic mass is 16.5. The van der Waals surface area contributed by atoms with Gasteiger partial charge in [-0.3, -0.25) is 9.69 Å². The summed E-state index contributed by atoms with van der Waals surface area (Å²) in [6, 6.07) is 9.55. The molecule has 104 valence electrons. The molecule has 1 heterocycles. The van der Waals surface area contributed by atoms with Crippen LogP contribution in [0.25, 0.3) is 0 Å². The molecule has 1 amide bonds. The Kier molecular flexibility index (Phi) is 5.65. The molecule has 2 N–H and O–H groups in total. The molecule has 0 unspecified atom stereocenters. The van der Waals surface area contributed by atoms with Gasteiger partial charge >= 0.3 is 0 Å². The van der Waals surface area contributed by atoms with E-state index in [0.29, 0.717) is 19.7 Å². The number of amides is 1. The first-order valence-electron chi connectivity index (χ1n) is 6.72. The Balaban J connectivity index is 1.57. The highest BCUT2D eigenvalue weighted by molar-refractivity contribution is 5.75. The zero-order chi connectivity index (χ0) is 13.3. The predicted molar refractivity (Wildman–Crippen MR) is 74.0 cm³/mol. The highest BCUT2D eigenvalue weighted by Crippen LogP contribution is 2.08. The first-order chi connectivity index (χ1) is 9.34. The molecular formula is C14H21N3O2. The second-order valence-electron chi connectivity index (χ2n) is 4.54. The molecule has 0 spiro atoms. The van der Waals surface area contributed by atoms with Gasteiger partial charge < -0.3 is 15.4 Å². The molecule has 0 atom stereocenters. The third kappa shape index (κ3) is 5.28. The van der Waals surface area contributed by atoms with E-state index in [-0.39, 0.29) is 5.91 Å². The van der Waals surface area contributed by atoms with Crippen molar-refractivity contribution in [1.29, 1.82) is 0 Å². The fourth-order valence-electron chi connectivity index (χ4n) is 1.94. The molecule has 19 heavy (non-hydrogen) atoms. The van der Waals surface area contributed by atoms with Gasteiger partial charge in [-0.05, 0) is 12.1 Å². The average Bonchev–Trinajstić information content (AvgIpc) is 2.47. The second-order valence-corrected chi connectivity index (χ2v) is 4.54. The summed E-state index contributed by atoms with van der Waals surface area (Å²) < 4.78 is 5.48. The van der Waals surface area contributed by atoms with Crippen LogP contribution >= 0.6 is 0 Å². The first-order valence-corrected chi connectivity index (χ1v) is 6.72. The van der Waals surface area contributed by atoms with Gasteiger partial charge in [0, 0.05) is 26.2 Å². The fourth-order valence-corrected chi connectivity index (χ4v) is 1.94. The predicted octanol–water partition coefficient (Wildman–Crippen LogP) is 0.434. The number of piperazine rings is 1. The minimum Gasteiger partial charge on any atom is -0.493 e. The van der Waals surface area contributed by atoms with Gasteiger partial charge in [-0.1, -0.05) is 18.2 Å². The Morgan fingerprint density at radius 3 is 2.74 bits per heavy atom. The molecule has 1 aliphatic rings. The van der Waals surface area contributed by atoms with E-state index in [1.165, 1.54) is 0 Å². The van der Waals surface area contributed by atoms with Crippen molar-refractivity contribution in [3.63, 3.8) is 0 Å². The number of benzene rings is 1. The third-order valence-corrected chi connectivity index (χ3v) is 3.05. The van der Waals surface area contributed by atoms with Crippen LogP contribution in [0.4, 0.5) is 0 Å². The summed E-state index contributed by atoms with van der Waals surface area (Å²) in [7, 11) is 0. The van der Waals surface area contributed by atoms with E-state index >= 15 is 0 Å². The number of hydrogen-bond donors (Lipinski definition) is 2. The van der Waals surface area contributed by atoms with Crippen molar-refractivity contribution in [1.82, 2.24) is 15.5 Å². The van der Waals surface area contributed by atoms with Crippen LogP contribution in [0.15, 0.2) is 30.3 Å². The van der Waals surface area contributed by atoms with Crippen LogP contribution in [0.5, 0.6) is 5.75 Å². The monoisotopic (exact) mass is 263 g/mol. The molecule has 1 fully saturated rings. The second kappa shape index (κ2) is 7.76. The van der Waals surface area contributed by atoms with E-state index in [1.54, 1.807) is 0 Å². The number of hydrogen-bond acceptors (Lipinski definition) is 4. The summed E-state index contributed by atoms with van der Waals surface area (Å²) >= 11 is 0. The Bertz CT molecular complexity index is 378. The Morgan fingerprint density at radius 1 is 1.26 bits per heavy atom. The van der Waals surface area contributed by atoms with Crippen LogP contribution in [0, 0.1) is 0 Å². The third-order valence-electron chi connectivity index (χ3n) is 3.05. The lowest BCUT2D eigenvalue weighted by molar-refractivity contribution is -0.122. The van der Waals surface area contributed by atoms with E-state index in [2.05, 4.69) is 15.5 Å². The summed E-state index contributed by atoms with van der Waals surface area (Å²) in [5, 5.41) is 6.20. The number of para-hydroxylation sites is 1. The maximum atomic E-state index is 11.6. The molecule has 1 aliphatic heterocycles. The Labute approximate surface area is 113 Å². The van der Waals surface area contributed by atoms with Crippen LogP contribution in [0.1, 0.15) is 6.42 Å². The van der Waals surface area contributed by atoms with Gasteiger partial charge in [0.1, 0.15) is 5.75 Å². The van der Waals surface area contributed by atoms with Crippen molar-refractivity contribution in [2.24, 2.45) is 0 Å². The lowest BCUT2D eigenvalue weighted by Crippen LogP contribution is -2.48. The van der Waals surface area contributed by atoms with Crippen molar-refractivity contribution in [3.8, 4) is 5.75 Å². The maximum absolute atomic E-state index is 11.6. The minimum atomic E-state index is 0.0365. The highest BCUT2D eigenvalue weighted by Gasteiger charge is 2.10. The van der Waals surface area contributed by atoms with Gasteiger partial charge in [-0.25, -0.2) is 0 Å². The molecule has 0 aromatic heterocycles. The number of nitrogens with zero attached hydrogens (tertiary/aromatic N) is 1. The van der Waals surface area contributed by atoms with Gasteiger partial charge in [0.15, 0.2) is 0 Å². The van der Waals surface area contributed by atoms with Gasteiger partial charge in [0.2, 0.25) is 5.91 Å². The van der Waals surface area contributed by atoms with E-state index in [4.69, 9.17) is 4.74 Å². The number of carbonyl (C=O) groups is 1. The van der Waals surface area contributed by atoms with E-state index in [1.807, 2.05) is 30.3 Å². The van der Waals surface area contributed by atoms with Gasteiger partial charge in [-0.15, -0.1) is 0 Å². The van der Waals surface area contributed by atoms with E-state index in [9.17, 15) is 4.79 Å². The topological polar surface area (TPSA) is 53.6 Å². The molecular weight excluding hydrogens is 242 g/mol. The standard InChI is InChI=1S/C14H21N3O2/c18-14(16-12-17-9-7-15-8-10-17)6-11-19-13-4-2-1-3-5-13/h1-5,15H,6-12H2,(H,16,18). The van der Waals surface area contributed by atoms with Crippen LogP contribution < -0.4 is 15.4 Å². The number of nitrogens with one attached hydrogen (secondary N) is 2. The average molecular weight is 263 g/mol. The normalized spacial score (nSPS) is 16.0. The molecule has 1 aromatic carbocycles. The number of ether oxygens (including phenoxy) is 1. The largest absolute Gasteiger partial charge is 0.493 e. The summed E-state index contributed by atoms with van der Waals surface area (Å²) in [6.07, 6.45) is 0.390. The van der Waals surface area contributed by atoms with Crippen LogP contribution in [0.3, 0.4) is 0 Å². The molecule has 1 aromatic rings. The SMILES string of the molecule is O=C(CCOc1ccccc1)NCN1CCNCC1. The molecule has 5 heteroatoms. The summed E-state index contributed by atoms with van der Waals surface area (Å²) in [5.41, 5.74) is 0. The first kappa shape index (κ1) is 13.8. The molecule has 2 rings (SSSR count). The van der Waals surface area contributed by atoms with Gasteiger partial charge in [0.25, 0.3) is 0 Å². The van der Waals surface area contributed by atoms with Crippen LogP contribution in [-0.2, 0) is 4.79 Å². The zero-order valence-corrected chi connectivity index (χ0v) is 11.1. The van der Waals surface area contributed by atoms with Crippen molar-refractivity contribution in [2.75, 3.05) is 39.5 Å². The fraction of sp³-hybridized carbons (Fsp3) is 0.500. The number of carbonyl (C=O) groups excluding carboxylic acids is 1. The van der Waals surface area contributed by atoms with Crippen LogP contribution in [-0.4, -0.2) is 50.3 Å². The van der Waals surface area contributed by atoms with Crippen molar-refractivity contribution in [3.05, 3.63) is 30.3 Å². The molecule has 0 aliphatic carbocycles. The molecule has 5 nitrogen and oxygen atoms in total. The quantitative estimate of drug-likeness (QED) is 0.782. The van der Waals surface area contributed by atoms with E-state index in [0.717, 1.165) is 31.9 Å². The number of rotatable bonds is 6. The zero-order valence-electron chi connectivity index (χ0n) is 11.1. The molecule has 0 bridgehead atoms. The van der Waals surface area contributed by atoms with Gasteiger partial charge in [-0.2, -0.15) is 0 Å².